The Morgan fingerprint density at radius 3 is 2.45 bits per heavy atom. The molecule has 2 aromatic rings. The van der Waals surface area contributed by atoms with Gasteiger partial charge in [0.2, 0.25) is 5.91 Å². The van der Waals surface area contributed by atoms with E-state index in [1.165, 1.54) is 18.2 Å². The average Bonchev–Trinajstić information content (AvgIpc) is 2.46. The van der Waals surface area contributed by atoms with Crippen LogP contribution in [-0.2, 0) is 4.79 Å². The van der Waals surface area contributed by atoms with E-state index in [1.807, 2.05) is 30.3 Å². The summed E-state index contributed by atoms with van der Waals surface area (Å²) in [6.45, 7) is 0. The molecule has 1 N–H and O–H groups in total. The van der Waals surface area contributed by atoms with Gasteiger partial charge in [-0.2, -0.15) is 0 Å². The van der Waals surface area contributed by atoms with Gasteiger partial charge < -0.3 is 15.2 Å². The Morgan fingerprint density at radius 1 is 1.00 bits per heavy atom. The van der Waals surface area contributed by atoms with E-state index in [9.17, 15) is 14.7 Å². The quantitative estimate of drug-likeness (QED) is 0.856. The maximum Gasteiger partial charge on any atom is 0.248 e. The van der Waals surface area contributed by atoms with E-state index < -0.39 is 5.97 Å². The Hall–Kier alpha value is -2.88. The summed E-state index contributed by atoms with van der Waals surface area (Å²) < 4.78 is 0. The van der Waals surface area contributed by atoms with Crippen molar-refractivity contribution in [2.75, 3.05) is 5.32 Å². The highest BCUT2D eigenvalue weighted by Gasteiger charge is 2.00. The van der Waals surface area contributed by atoms with Gasteiger partial charge in [-0.25, -0.2) is 0 Å². The number of nitrogens with one attached hydrogen (secondary N) is 1. The highest BCUT2D eigenvalue weighted by molar-refractivity contribution is 6.02. The monoisotopic (exact) mass is 266 g/mol. The minimum absolute atomic E-state index is 0.0230. The molecule has 0 aliphatic rings. The first-order chi connectivity index (χ1) is 9.65. The number of carboxylic acids is 1. The summed E-state index contributed by atoms with van der Waals surface area (Å²) in [7, 11) is 0. The minimum atomic E-state index is -1.28. The maximum atomic E-state index is 11.7. The zero-order valence-electron chi connectivity index (χ0n) is 10.6. The first-order valence-electron chi connectivity index (χ1n) is 6.01. The molecule has 0 atom stereocenters. The third kappa shape index (κ3) is 3.81. The Balaban J connectivity index is 2.03. The van der Waals surface area contributed by atoms with E-state index in [1.54, 1.807) is 18.2 Å². The van der Waals surface area contributed by atoms with Gasteiger partial charge in [-0.15, -0.1) is 0 Å². The van der Waals surface area contributed by atoms with Gasteiger partial charge in [0.05, 0.1) is 5.97 Å². The van der Waals surface area contributed by atoms with Gasteiger partial charge in [-0.05, 0) is 29.3 Å². The lowest BCUT2D eigenvalue weighted by atomic mass is 10.2. The van der Waals surface area contributed by atoms with Crippen molar-refractivity contribution in [3.8, 4) is 0 Å². The fourth-order valence-corrected chi connectivity index (χ4v) is 1.64. The SMILES string of the molecule is O=C(/C=C/c1ccccc1)Nc1cccc(C(=O)[O-])c1. The van der Waals surface area contributed by atoms with E-state index in [0.29, 0.717) is 5.69 Å². The van der Waals surface area contributed by atoms with Crippen molar-refractivity contribution in [3.63, 3.8) is 0 Å². The molecule has 0 spiro atoms. The molecule has 0 aliphatic heterocycles. The second kappa shape index (κ2) is 6.33. The molecule has 2 rings (SSSR count). The van der Waals surface area contributed by atoms with Crippen LogP contribution in [0.2, 0.25) is 0 Å². The van der Waals surface area contributed by atoms with Crippen LogP contribution in [0.15, 0.2) is 60.7 Å². The highest BCUT2D eigenvalue weighted by Crippen LogP contribution is 2.10. The van der Waals surface area contributed by atoms with Crippen molar-refractivity contribution in [2.24, 2.45) is 0 Å². The van der Waals surface area contributed by atoms with Gasteiger partial charge in [0.1, 0.15) is 0 Å². The number of carbonyl (C=O) groups excluding carboxylic acids is 2. The molecule has 0 aliphatic carbocycles. The Bertz CT molecular complexity index is 648. The summed E-state index contributed by atoms with van der Waals surface area (Å²) >= 11 is 0. The molecule has 0 saturated carbocycles. The predicted molar refractivity (Wildman–Crippen MR) is 74.9 cm³/mol. The number of aromatic carboxylic acids is 1. The molecule has 0 bridgehead atoms. The van der Waals surface area contributed by atoms with Crippen LogP contribution >= 0.6 is 0 Å². The molecule has 20 heavy (non-hydrogen) atoms. The van der Waals surface area contributed by atoms with E-state index in [4.69, 9.17) is 0 Å². The summed E-state index contributed by atoms with van der Waals surface area (Å²) in [6, 6.07) is 15.3. The molecule has 0 saturated heterocycles. The molecule has 1 amide bonds. The van der Waals surface area contributed by atoms with Crippen molar-refractivity contribution in [1.29, 1.82) is 0 Å². The van der Waals surface area contributed by atoms with E-state index >= 15 is 0 Å². The standard InChI is InChI=1S/C16H13NO3/c18-15(10-9-12-5-2-1-3-6-12)17-14-8-4-7-13(11-14)16(19)20/h1-11H,(H,17,18)(H,19,20)/p-1/b10-9+. The average molecular weight is 266 g/mol. The summed E-state index contributed by atoms with van der Waals surface area (Å²) in [5.74, 6) is -1.61. The largest absolute Gasteiger partial charge is 0.545 e. The number of amides is 1. The minimum Gasteiger partial charge on any atom is -0.545 e. The lowest BCUT2D eigenvalue weighted by molar-refractivity contribution is -0.255. The van der Waals surface area contributed by atoms with Crippen molar-refractivity contribution >= 4 is 23.6 Å². The van der Waals surface area contributed by atoms with Crippen molar-refractivity contribution in [1.82, 2.24) is 0 Å². The first kappa shape index (κ1) is 13.5. The van der Waals surface area contributed by atoms with Crippen LogP contribution in [0.3, 0.4) is 0 Å². The second-order valence-electron chi connectivity index (χ2n) is 4.10. The molecule has 4 heteroatoms. The zero-order chi connectivity index (χ0) is 14.4. The van der Waals surface area contributed by atoms with Gasteiger partial charge in [0, 0.05) is 11.8 Å². The number of hydrogen-bond donors (Lipinski definition) is 1. The van der Waals surface area contributed by atoms with Crippen LogP contribution in [0, 0.1) is 0 Å². The lowest BCUT2D eigenvalue weighted by Gasteiger charge is -2.06. The molecule has 0 radical (unpaired) electrons. The topological polar surface area (TPSA) is 69.2 Å². The molecule has 0 fully saturated rings. The summed E-state index contributed by atoms with van der Waals surface area (Å²) in [4.78, 5) is 22.4. The molecule has 4 nitrogen and oxygen atoms in total. The predicted octanol–water partition coefficient (Wildman–Crippen LogP) is 1.70. The van der Waals surface area contributed by atoms with Gasteiger partial charge in [-0.3, -0.25) is 4.79 Å². The molecule has 0 unspecified atom stereocenters. The number of anilines is 1. The summed E-state index contributed by atoms with van der Waals surface area (Å²) in [5.41, 5.74) is 1.34. The van der Waals surface area contributed by atoms with Crippen molar-refractivity contribution in [2.45, 2.75) is 0 Å². The van der Waals surface area contributed by atoms with E-state index in [2.05, 4.69) is 5.32 Å². The Morgan fingerprint density at radius 2 is 1.75 bits per heavy atom. The lowest BCUT2D eigenvalue weighted by Crippen LogP contribution is -2.22. The summed E-state index contributed by atoms with van der Waals surface area (Å²) in [6.07, 6.45) is 3.07. The molecule has 0 aromatic heterocycles. The molecule has 0 heterocycles. The fourth-order valence-electron chi connectivity index (χ4n) is 1.64. The molecule has 2 aromatic carbocycles. The van der Waals surface area contributed by atoms with Crippen LogP contribution in [0.5, 0.6) is 0 Å². The van der Waals surface area contributed by atoms with Crippen LogP contribution in [-0.4, -0.2) is 11.9 Å². The van der Waals surface area contributed by atoms with Gasteiger partial charge in [0.25, 0.3) is 0 Å². The highest BCUT2D eigenvalue weighted by atomic mass is 16.4. The molecular formula is C16H12NO3-. The Labute approximate surface area is 116 Å². The van der Waals surface area contributed by atoms with E-state index in [0.717, 1.165) is 5.56 Å². The smallest absolute Gasteiger partial charge is 0.248 e. The zero-order valence-corrected chi connectivity index (χ0v) is 10.6. The Kier molecular flexibility index (Phi) is 4.29. The van der Waals surface area contributed by atoms with Crippen molar-refractivity contribution in [3.05, 3.63) is 71.8 Å². The van der Waals surface area contributed by atoms with Gasteiger partial charge in [0.15, 0.2) is 0 Å². The normalized spacial score (nSPS) is 10.4. The fraction of sp³-hybridized carbons (Fsp3) is 0. The molecular weight excluding hydrogens is 254 g/mol. The third-order valence-corrected chi connectivity index (χ3v) is 2.59. The van der Waals surface area contributed by atoms with Crippen LogP contribution in [0.25, 0.3) is 6.08 Å². The third-order valence-electron chi connectivity index (χ3n) is 2.59. The number of carboxylic acid groups (broad SMARTS) is 1. The summed E-state index contributed by atoms with van der Waals surface area (Å²) in [5, 5.41) is 13.3. The first-order valence-corrected chi connectivity index (χ1v) is 6.01. The number of hydrogen-bond acceptors (Lipinski definition) is 3. The number of benzene rings is 2. The molecule has 100 valence electrons. The van der Waals surface area contributed by atoms with Gasteiger partial charge in [-0.1, -0.05) is 42.5 Å². The van der Waals surface area contributed by atoms with Crippen LogP contribution < -0.4 is 10.4 Å². The van der Waals surface area contributed by atoms with Crippen LogP contribution in [0.1, 0.15) is 15.9 Å². The second-order valence-corrected chi connectivity index (χ2v) is 4.10. The number of carbonyl (C=O) groups is 2. The van der Waals surface area contributed by atoms with Gasteiger partial charge >= 0.3 is 0 Å². The van der Waals surface area contributed by atoms with E-state index in [-0.39, 0.29) is 11.5 Å². The van der Waals surface area contributed by atoms with Crippen LogP contribution in [0.4, 0.5) is 5.69 Å². The maximum absolute atomic E-state index is 11.7. The number of rotatable bonds is 4. The van der Waals surface area contributed by atoms with Crippen molar-refractivity contribution < 1.29 is 14.7 Å².